The van der Waals surface area contributed by atoms with Crippen LogP contribution in [-0.4, -0.2) is 32.4 Å². The van der Waals surface area contributed by atoms with Gasteiger partial charge in [0.1, 0.15) is 5.69 Å². The number of carboxylic acids is 1. The number of hydrogen-bond acceptors (Lipinski definition) is 4. The number of hydrogen-bond donors (Lipinski definition) is 3. The number of fused-ring (bicyclic) bond motifs is 1. The van der Waals surface area contributed by atoms with Gasteiger partial charge in [-0.2, -0.15) is 4.99 Å². The highest BCUT2D eigenvalue weighted by Crippen LogP contribution is 2.29. The van der Waals surface area contributed by atoms with Gasteiger partial charge in [-0.3, -0.25) is 9.59 Å². The first-order valence-electron chi connectivity index (χ1n) is 10.00. The summed E-state index contributed by atoms with van der Waals surface area (Å²) < 4.78 is 2.58. The van der Waals surface area contributed by atoms with Gasteiger partial charge in [0.2, 0.25) is 5.91 Å². The molecule has 34 heavy (non-hydrogen) atoms. The maximum absolute atomic E-state index is 13.0. The van der Waals surface area contributed by atoms with E-state index in [-0.39, 0.29) is 33.8 Å². The molecule has 0 atom stereocenters. The molecule has 0 spiro atoms. The summed E-state index contributed by atoms with van der Waals surface area (Å²) in [5, 5.41) is 12.4. The third kappa shape index (κ3) is 4.77. The van der Waals surface area contributed by atoms with Crippen molar-refractivity contribution in [3.05, 3.63) is 79.8 Å². The van der Waals surface area contributed by atoms with Crippen molar-refractivity contribution in [1.82, 2.24) is 9.55 Å². The monoisotopic (exact) mass is 516 g/mol. The third-order valence-corrected chi connectivity index (χ3v) is 6.97. The second-order valence-electron chi connectivity index (χ2n) is 7.51. The number of carboxylic acid groups (broad SMARTS) is 1. The maximum Gasteiger partial charge on any atom is 0.335 e. The smallest absolute Gasteiger partial charge is 0.335 e. The van der Waals surface area contributed by atoms with Crippen molar-refractivity contribution < 1.29 is 19.5 Å². The number of aryl methyl sites for hydroxylation is 1. The molecule has 0 bridgehead atoms. The lowest BCUT2D eigenvalue weighted by molar-refractivity contribution is -0.114. The van der Waals surface area contributed by atoms with Gasteiger partial charge in [0.15, 0.2) is 4.80 Å². The summed E-state index contributed by atoms with van der Waals surface area (Å²) in [7, 11) is 0. The Morgan fingerprint density at radius 3 is 2.56 bits per heavy atom. The molecule has 8 nitrogen and oxygen atoms in total. The van der Waals surface area contributed by atoms with Crippen LogP contribution in [0.15, 0.2) is 47.5 Å². The average molecular weight is 517 g/mol. The Morgan fingerprint density at radius 2 is 1.91 bits per heavy atom. The van der Waals surface area contributed by atoms with E-state index in [0.717, 1.165) is 15.8 Å². The highest BCUT2D eigenvalue weighted by atomic mass is 35.5. The number of rotatable bonds is 5. The fourth-order valence-electron chi connectivity index (χ4n) is 3.44. The lowest BCUT2D eigenvalue weighted by Crippen LogP contribution is -2.18. The van der Waals surface area contributed by atoms with Gasteiger partial charge in [-0.15, -0.1) is 0 Å². The number of amides is 2. The molecule has 0 saturated carbocycles. The third-order valence-electron chi connectivity index (χ3n) is 4.98. The summed E-state index contributed by atoms with van der Waals surface area (Å²) in [5.41, 5.74) is 2.88. The number of aromatic amines is 1. The molecule has 4 rings (SSSR count). The number of anilines is 1. The number of aromatic carboxylic acids is 1. The molecule has 0 unspecified atom stereocenters. The highest BCUT2D eigenvalue weighted by Gasteiger charge is 2.18. The lowest BCUT2D eigenvalue weighted by Gasteiger charge is -2.07. The Hall–Kier alpha value is -3.40. The van der Waals surface area contributed by atoms with E-state index in [1.807, 2.05) is 10.6 Å². The number of aromatic nitrogens is 2. The Morgan fingerprint density at radius 1 is 1.15 bits per heavy atom. The van der Waals surface area contributed by atoms with Crippen LogP contribution in [0.4, 0.5) is 5.69 Å². The molecule has 2 heterocycles. The first kappa shape index (κ1) is 23.7. The van der Waals surface area contributed by atoms with Crippen LogP contribution in [-0.2, 0) is 11.3 Å². The van der Waals surface area contributed by atoms with E-state index in [1.165, 1.54) is 24.3 Å². The normalized spacial score (nSPS) is 11.7. The standard InChI is InChI=1S/C23H18Cl2N4O4S/c1-11-18(24)19(25)20(26-11)21(31)28-23-29(10-13-4-3-5-14(8-13)22(32)33)16-7-6-15(27-12(2)30)9-17(16)34-23/h3-9,26H,10H2,1-2H3,(H,27,30)(H,32,33). The van der Waals surface area contributed by atoms with Crippen LogP contribution in [0.5, 0.6) is 0 Å². The van der Waals surface area contributed by atoms with Gasteiger partial charge in [-0.25, -0.2) is 4.79 Å². The van der Waals surface area contributed by atoms with Crippen LogP contribution in [0.2, 0.25) is 10.0 Å². The molecule has 0 fully saturated rings. The van der Waals surface area contributed by atoms with E-state index in [0.29, 0.717) is 16.2 Å². The van der Waals surface area contributed by atoms with E-state index in [2.05, 4.69) is 15.3 Å². The molecule has 11 heteroatoms. The molecule has 174 valence electrons. The van der Waals surface area contributed by atoms with Gasteiger partial charge in [-0.05, 0) is 42.8 Å². The minimum absolute atomic E-state index is 0.0833. The Kier molecular flexibility index (Phi) is 6.60. The SMILES string of the molecule is CC(=O)Nc1ccc2c(c1)sc(=NC(=O)c1[nH]c(C)c(Cl)c1Cl)n2Cc1cccc(C(=O)O)c1. The molecule has 0 saturated heterocycles. The zero-order valence-electron chi connectivity index (χ0n) is 18.0. The van der Waals surface area contributed by atoms with Crippen LogP contribution in [0.1, 0.15) is 39.0 Å². The number of nitrogens with zero attached hydrogens (tertiary/aromatic N) is 2. The van der Waals surface area contributed by atoms with E-state index in [4.69, 9.17) is 23.2 Å². The first-order valence-corrected chi connectivity index (χ1v) is 11.6. The zero-order chi connectivity index (χ0) is 24.6. The van der Waals surface area contributed by atoms with Gasteiger partial charge in [0, 0.05) is 18.3 Å². The number of halogens is 2. The average Bonchev–Trinajstić information content (AvgIpc) is 3.24. The Balaban J connectivity index is 1.86. The van der Waals surface area contributed by atoms with Crippen molar-refractivity contribution in [2.24, 2.45) is 4.99 Å². The molecule has 0 radical (unpaired) electrons. The molecule has 2 aromatic carbocycles. The molecule has 2 amide bonds. The van der Waals surface area contributed by atoms with Crippen LogP contribution in [0.25, 0.3) is 10.2 Å². The first-order chi connectivity index (χ1) is 16.1. The fraction of sp³-hybridized carbons (Fsp3) is 0.130. The van der Waals surface area contributed by atoms with Crippen molar-refractivity contribution >= 4 is 68.2 Å². The molecular weight excluding hydrogens is 499 g/mol. The van der Waals surface area contributed by atoms with Gasteiger partial charge in [0.05, 0.1) is 32.4 Å². The minimum atomic E-state index is -1.03. The van der Waals surface area contributed by atoms with Crippen molar-refractivity contribution in [3.63, 3.8) is 0 Å². The molecule has 2 aromatic heterocycles. The second-order valence-corrected chi connectivity index (χ2v) is 9.27. The number of carbonyl (C=O) groups excluding carboxylic acids is 2. The highest BCUT2D eigenvalue weighted by molar-refractivity contribution is 7.16. The molecule has 4 aromatic rings. The van der Waals surface area contributed by atoms with Crippen LogP contribution in [0, 0.1) is 6.92 Å². The topological polar surface area (TPSA) is 117 Å². The molecular formula is C23H18Cl2N4O4S. The number of thiazole rings is 1. The number of benzene rings is 2. The van der Waals surface area contributed by atoms with Crippen molar-refractivity contribution in [3.8, 4) is 0 Å². The summed E-state index contributed by atoms with van der Waals surface area (Å²) in [6, 6.07) is 11.9. The van der Waals surface area contributed by atoms with E-state index in [9.17, 15) is 19.5 Å². The minimum Gasteiger partial charge on any atom is -0.478 e. The van der Waals surface area contributed by atoms with E-state index < -0.39 is 11.9 Å². The largest absolute Gasteiger partial charge is 0.478 e. The molecule has 0 aliphatic carbocycles. The van der Waals surface area contributed by atoms with Crippen molar-refractivity contribution in [1.29, 1.82) is 0 Å². The lowest BCUT2D eigenvalue weighted by atomic mass is 10.1. The fourth-order valence-corrected chi connectivity index (χ4v) is 4.92. The van der Waals surface area contributed by atoms with Gasteiger partial charge in [0.25, 0.3) is 5.91 Å². The molecule has 0 aliphatic heterocycles. The predicted octanol–water partition coefficient (Wildman–Crippen LogP) is 5.09. The molecule has 0 aliphatic rings. The summed E-state index contributed by atoms with van der Waals surface area (Å²) in [4.78, 5) is 43.3. The maximum atomic E-state index is 13.0. The number of H-pyrrole nitrogens is 1. The van der Waals surface area contributed by atoms with Crippen molar-refractivity contribution in [2.45, 2.75) is 20.4 Å². The number of nitrogens with one attached hydrogen (secondary N) is 2. The summed E-state index contributed by atoms with van der Waals surface area (Å²) in [5.74, 6) is -1.83. The van der Waals surface area contributed by atoms with E-state index >= 15 is 0 Å². The Labute approximate surface area is 207 Å². The van der Waals surface area contributed by atoms with Crippen LogP contribution in [0.3, 0.4) is 0 Å². The predicted molar refractivity (Wildman–Crippen MR) is 132 cm³/mol. The van der Waals surface area contributed by atoms with Gasteiger partial charge in [-0.1, -0.05) is 46.7 Å². The number of carbonyl (C=O) groups is 3. The second kappa shape index (κ2) is 9.46. The van der Waals surface area contributed by atoms with Crippen LogP contribution < -0.4 is 10.1 Å². The zero-order valence-corrected chi connectivity index (χ0v) is 20.3. The summed E-state index contributed by atoms with van der Waals surface area (Å²) in [6.07, 6.45) is 0. The van der Waals surface area contributed by atoms with Gasteiger partial charge < -0.3 is 20.0 Å². The van der Waals surface area contributed by atoms with E-state index in [1.54, 1.807) is 37.3 Å². The summed E-state index contributed by atoms with van der Waals surface area (Å²) >= 11 is 13.6. The van der Waals surface area contributed by atoms with Gasteiger partial charge >= 0.3 is 5.97 Å². The van der Waals surface area contributed by atoms with Crippen molar-refractivity contribution in [2.75, 3.05) is 5.32 Å². The quantitative estimate of drug-likeness (QED) is 0.342. The summed E-state index contributed by atoms with van der Waals surface area (Å²) in [6.45, 7) is 3.38. The van der Waals surface area contributed by atoms with Crippen LogP contribution >= 0.6 is 34.5 Å². The molecule has 3 N–H and O–H groups in total. The Bertz CT molecular complexity index is 1530.